The number of piperazine rings is 1. The molecule has 0 unspecified atom stereocenters. The third-order valence-corrected chi connectivity index (χ3v) is 5.81. The Bertz CT molecular complexity index is 1080. The molecule has 0 saturated carbocycles. The van der Waals surface area contributed by atoms with E-state index in [-0.39, 0.29) is 11.8 Å². The Morgan fingerprint density at radius 1 is 1.10 bits per heavy atom. The van der Waals surface area contributed by atoms with Gasteiger partial charge in [-0.05, 0) is 24.6 Å². The summed E-state index contributed by atoms with van der Waals surface area (Å²) in [6.45, 7) is 9.02. The van der Waals surface area contributed by atoms with Crippen LogP contribution in [0, 0.1) is 6.92 Å². The van der Waals surface area contributed by atoms with Crippen LogP contribution >= 0.6 is 0 Å². The quantitative estimate of drug-likeness (QED) is 0.629. The number of aryl methyl sites for hydroxylation is 2. The van der Waals surface area contributed by atoms with Crippen LogP contribution in [-0.4, -0.2) is 63.8 Å². The number of methoxy groups -OCH3 is 1. The van der Waals surface area contributed by atoms with E-state index in [1.165, 1.54) is 0 Å². The molecular weight excluding hydrogens is 392 g/mol. The third-order valence-electron chi connectivity index (χ3n) is 5.81. The van der Waals surface area contributed by atoms with Crippen molar-refractivity contribution in [2.75, 3.05) is 38.2 Å². The molecule has 0 aliphatic carbocycles. The van der Waals surface area contributed by atoms with Gasteiger partial charge in [-0.2, -0.15) is 5.10 Å². The fourth-order valence-electron chi connectivity index (χ4n) is 4.01. The van der Waals surface area contributed by atoms with Gasteiger partial charge in [-0.1, -0.05) is 26.0 Å². The second kappa shape index (κ2) is 8.53. The average molecular weight is 423 g/mol. The second-order valence-electron chi connectivity index (χ2n) is 8.36. The topological polar surface area (TPSA) is 76.4 Å². The molecule has 1 amide bonds. The summed E-state index contributed by atoms with van der Waals surface area (Å²) in [6, 6.07) is 7.68. The number of amides is 1. The standard InChI is InChI=1S/C23H30N6O2/c1-15(2)22-24-20-16(3)26-27(4)21(20)23(25-22)29-12-10-28(11-13-29)19(30)14-17-6-8-18(31-5)9-7-17/h6-9,15H,10-14H2,1-5H3. The van der Waals surface area contributed by atoms with E-state index in [0.717, 1.165) is 52.8 Å². The van der Waals surface area contributed by atoms with Gasteiger partial charge in [0, 0.05) is 39.1 Å². The van der Waals surface area contributed by atoms with Crippen molar-refractivity contribution in [3.8, 4) is 5.75 Å². The van der Waals surface area contributed by atoms with Gasteiger partial charge >= 0.3 is 0 Å². The first-order valence-corrected chi connectivity index (χ1v) is 10.7. The normalized spacial score (nSPS) is 14.5. The van der Waals surface area contributed by atoms with Crippen molar-refractivity contribution in [3.63, 3.8) is 0 Å². The number of carbonyl (C=O) groups excluding carboxylic acids is 1. The van der Waals surface area contributed by atoms with Crippen molar-refractivity contribution in [3.05, 3.63) is 41.3 Å². The Labute approximate surface area is 182 Å². The molecule has 2 aromatic heterocycles. The lowest BCUT2D eigenvalue weighted by Gasteiger charge is -2.36. The van der Waals surface area contributed by atoms with Gasteiger partial charge in [-0.25, -0.2) is 9.97 Å². The lowest BCUT2D eigenvalue weighted by molar-refractivity contribution is -0.130. The molecule has 3 heterocycles. The van der Waals surface area contributed by atoms with Crippen LogP contribution in [0.3, 0.4) is 0 Å². The molecule has 8 nitrogen and oxygen atoms in total. The van der Waals surface area contributed by atoms with Crippen molar-refractivity contribution in [2.45, 2.75) is 33.1 Å². The summed E-state index contributed by atoms with van der Waals surface area (Å²) in [5.41, 5.74) is 3.78. The summed E-state index contributed by atoms with van der Waals surface area (Å²) < 4.78 is 7.06. The summed E-state index contributed by atoms with van der Waals surface area (Å²) in [7, 11) is 3.58. The average Bonchev–Trinajstić information content (AvgIpc) is 3.07. The lowest BCUT2D eigenvalue weighted by atomic mass is 10.1. The predicted molar refractivity (Wildman–Crippen MR) is 121 cm³/mol. The maximum Gasteiger partial charge on any atom is 0.227 e. The zero-order valence-electron chi connectivity index (χ0n) is 18.9. The summed E-state index contributed by atoms with van der Waals surface area (Å²) in [4.78, 5) is 26.7. The number of hydrogen-bond donors (Lipinski definition) is 0. The molecule has 8 heteroatoms. The molecule has 1 aromatic carbocycles. The molecular formula is C23H30N6O2. The first kappa shape index (κ1) is 21.1. The number of nitrogens with zero attached hydrogens (tertiary/aromatic N) is 6. The van der Waals surface area contributed by atoms with Gasteiger partial charge in [0.15, 0.2) is 5.82 Å². The van der Waals surface area contributed by atoms with E-state index in [0.29, 0.717) is 19.5 Å². The zero-order valence-corrected chi connectivity index (χ0v) is 18.9. The summed E-state index contributed by atoms with van der Waals surface area (Å²) in [6.07, 6.45) is 0.403. The monoisotopic (exact) mass is 422 g/mol. The first-order valence-electron chi connectivity index (χ1n) is 10.7. The number of rotatable bonds is 5. The van der Waals surface area contributed by atoms with E-state index in [1.54, 1.807) is 7.11 Å². The van der Waals surface area contributed by atoms with Crippen LogP contribution in [0.4, 0.5) is 5.82 Å². The molecule has 0 spiro atoms. The highest BCUT2D eigenvalue weighted by molar-refractivity contribution is 5.88. The third kappa shape index (κ3) is 4.19. The molecule has 0 N–H and O–H groups in total. The van der Waals surface area contributed by atoms with Gasteiger partial charge in [0.2, 0.25) is 5.91 Å². The van der Waals surface area contributed by atoms with Crippen molar-refractivity contribution in [1.29, 1.82) is 0 Å². The second-order valence-corrected chi connectivity index (χ2v) is 8.36. The van der Waals surface area contributed by atoms with Crippen LogP contribution in [0.5, 0.6) is 5.75 Å². The molecule has 1 fully saturated rings. The fourth-order valence-corrected chi connectivity index (χ4v) is 4.01. The number of carbonyl (C=O) groups is 1. The fraction of sp³-hybridized carbons (Fsp3) is 0.478. The number of fused-ring (bicyclic) bond motifs is 1. The van der Waals surface area contributed by atoms with Crippen molar-refractivity contribution in [2.24, 2.45) is 7.05 Å². The van der Waals surface area contributed by atoms with E-state index < -0.39 is 0 Å². The van der Waals surface area contributed by atoms with Gasteiger partial charge in [0.1, 0.15) is 22.6 Å². The molecule has 31 heavy (non-hydrogen) atoms. The van der Waals surface area contributed by atoms with E-state index in [9.17, 15) is 4.79 Å². The number of anilines is 1. The van der Waals surface area contributed by atoms with Crippen molar-refractivity contribution in [1.82, 2.24) is 24.6 Å². The summed E-state index contributed by atoms with van der Waals surface area (Å²) >= 11 is 0. The SMILES string of the molecule is COc1ccc(CC(=O)N2CCN(c3nc(C(C)C)nc4c(C)nn(C)c34)CC2)cc1. The lowest BCUT2D eigenvalue weighted by Crippen LogP contribution is -2.49. The molecule has 164 valence electrons. The Hall–Kier alpha value is -3.16. The Balaban J connectivity index is 1.49. The van der Waals surface area contributed by atoms with Gasteiger partial charge in [-0.15, -0.1) is 0 Å². The highest BCUT2D eigenvalue weighted by atomic mass is 16.5. The Morgan fingerprint density at radius 2 is 1.77 bits per heavy atom. The maximum absolute atomic E-state index is 12.8. The number of benzene rings is 1. The Kier molecular flexibility index (Phi) is 5.80. The van der Waals surface area contributed by atoms with Crippen LogP contribution in [0.1, 0.15) is 36.8 Å². The number of ether oxygens (including phenoxy) is 1. The minimum Gasteiger partial charge on any atom is -0.497 e. The highest BCUT2D eigenvalue weighted by Gasteiger charge is 2.26. The highest BCUT2D eigenvalue weighted by Crippen LogP contribution is 2.28. The van der Waals surface area contributed by atoms with E-state index in [1.807, 2.05) is 47.8 Å². The molecule has 1 saturated heterocycles. The maximum atomic E-state index is 12.8. The molecule has 3 aromatic rings. The van der Waals surface area contributed by atoms with Crippen LogP contribution in [0.2, 0.25) is 0 Å². The van der Waals surface area contributed by atoms with E-state index in [2.05, 4.69) is 23.8 Å². The predicted octanol–water partition coefficient (Wildman–Crippen LogP) is 2.70. The zero-order chi connectivity index (χ0) is 22.1. The van der Waals surface area contributed by atoms with Gasteiger partial charge < -0.3 is 14.5 Å². The smallest absolute Gasteiger partial charge is 0.227 e. The van der Waals surface area contributed by atoms with Gasteiger partial charge in [-0.3, -0.25) is 9.48 Å². The van der Waals surface area contributed by atoms with Gasteiger partial charge in [0.05, 0.1) is 19.2 Å². The van der Waals surface area contributed by atoms with E-state index >= 15 is 0 Å². The first-order chi connectivity index (χ1) is 14.9. The van der Waals surface area contributed by atoms with Crippen molar-refractivity contribution >= 4 is 22.8 Å². The Morgan fingerprint density at radius 3 is 2.39 bits per heavy atom. The van der Waals surface area contributed by atoms with Gasteiger partial charge in [0.25, 0.3) is 0 Å². The minimum absolute atomic E-state index is 0.150. The van der Waals surface area contributed by atoms with Crippen LogP contribution in [-0.2, 0) is 18.3 Å². The number of hydrogen-bond acceptors (Lipinski definition) is 6. The van der Waals surface area contributed by atoms with Crippen LogP contribution < -0.4 is 9.64 Å². The summed E-state index contributed by atoms with van der Waals surface area (Å²) in [5, 5.41) is 4.56. The van der Waals surface area contributed by atoms with E-state index in [4.69, 9.17) is 14.7 Å². The van der Waals surface area contributed by atoms with Crippen molar-refractivity contribution < 1.29 is 9.53 Å². The van der Waals surface area contributed by atoms with Crippen LogP contribution in [0.15, 0.2) is 24.3 Å². The molecule has 0 atom stereocenters. The molecule has 0 bridgehead atoms. The summed E-state index contributed by atoms with van der Waals surface area (Å²) in [5.74, 6) is 2.93. The van der Waals surface area contributed by atoms with Crippen LogP contribution in [0.25, 0.3) is 11.0 Å². The molecule has 4 rings (SSSR count). The molecule has 0 radical (unpaired) electrons. The molecule has 1 aliphatic rings. The molecule has 1 aliphatic heterocycles. The minimum atomic E-state index is 0.150. The largest absolute Gasteiger partial charge is 0.497 e. The number of aromatic nitrogens is 4.